The van der Waals surface area contributed by atoms with Crippen molar-refractivity contribution in [2.45, 2.75) is 24.7 Å². The van der Waals surface area contributed by atoms with E-state index in [0.29, 0.717) is 17.1 Å². The van der Waals surface area contributed by atoms with Crippen molar-refractivity contribution in [3.8, 4) is 5.75 Å². The normalized spacial score (nSPS) is 13.3. The molecule has 4 rings (SSSR count). The number of hydrogen-bond acceptors (Lipinski definition) is 4. The van der Waals surface area contributed by atoms with Gasteiger partial charge in [0.1, 0.15) is 11.6 Å². The largest absolute Gasteiger partial charge is 0.497 e. The third kappa shape index (κ3) is 5.45. The topological polar surface area (TPSA) is 91.9 Å². The number of imidazole rings is 1. The summed E-state index contributed by atoms with van der Waals surface area (Å²) in [6.07, 6.45) is -3.19. The van der Waals surface area contributed by atoms with E-state index in [1.165, 1.54) is 24.4 Å². The molecular formula is C24H22F3N5O2. The number of hydrogen-bond donors (Lipinski definition) is 3. The molecule has 34 heavy (non-hydrogen) atoms. The zero-order valence-corrected chi connectivity index (χ0v) is 18.1. The summed E-state index contributed by atoms with van der Waals surface area (Å²) < 4.78 is 46.2. The third-order valence-corrected chi connectivity index (χ3v) is 5.23. The van der Waals surface area contributed by atoms with E-state index in [1.807, 2.05) is 35.6 Å². The predicted molar refractivity (Wildman–Crippen MR) is 120 cm³/mol. The van der Waals surface area contributed by atoms with E-state index >= 15 is 0 Å². The molecule has 0 saturated carbocycles. The number of nitrogens with one attached hydrogen (secondary N) is 3. The first kappa shape index (κ1) is 23.1. The molecule has 2 heterocycles. The summed E-state index contributed by atoms with van der Waals surface area (Å²) in [6.45, 7) is 0. The number of ether oxygens (including phenoxy) is 1. The van der Waals surface area contributed by atoms with Crippen LogP contribution in [0.4, 0.5) is 18.0 Å². The number of urea groups is 1. The zero-order chi connectivity index (χ0) is 24.1. The van der Waals surface area contributed by atoms with Gasteiger partial charge in [0.25, 0.3) is 0 Å². The van der Waals surface area contributed by atoms with Gasteiger partial charge in [-0.3, -0.25) is 4.98 Å². The van der Waals surface area contributed by atoms with Gasteiger partial charge < -0.3 is 20.4 Å². The van der Waals surface area contributed by atoms with E-state index in [9.17, 15) is 18.0 Å². The molecular weight excluding hydrogens is 447 g/mol. The Labute approximate surface area is 193 Å². The van der Waals surface area contributed by atoms with Gasteiger partial charge in [-0.2, -0.15) is 13.2 Å². The van der Waals surface area contributed by atoms with Gasteiger partial charge in [0.05, 0.1) is 29.9 Å². The number of rotatable bonds is 7. The number of benzene rings is 2. The molecule has 1 unspecified atom stereocenters. The Morgan fingerprint density at radius 2 is 1.76 bits per heavy atom. The molecule has 4 aromatic rings. The van der Waals surface area contributed by atoms with Crippen LogP contribution < -0.4 is 15.4 Å². The van der Waals surface area contributed by atoms with Gasteiger partial charge >= 0.3 is 12.2 Å². The first-order chi connectivity index (χ1) is 16.3. The molecule has 0 aliphatic rings. The van der Waals surface area contributed by atoms with Crippen molar-refractivity contribution < 1.29 is 22.7 Å². The molecule has 2 atom stereocenters. The van der Waals surface area contributed by atoms with Gasteiger partial charge in [0, 0.05) is 6.20 Å². The van der Waals surface area contributed by atoms with Gasteiger partial charge in [-0.05, 0) is 48.4 Å². The Morgan fingerprint density at radius 1 is 1.03 bits per heavy atom. The summed E-state index contributed by atoms with van der Waals surface area (Å²) in [7, 11) is 1.55. The summed E-state index contributed by atoms with van der Waals surface area (Å²) in [5.41, 5.74) is 1.96. The van der Waals surface area contributed by atoms with Crippen LogP contribution in [0.3, 0.4) is 0 Å². The van der Waals surface area contributed by atoms with Crippen LogP contribution in [0.25, 0.3) is 11.0 Å². The molecule has 7 nitrogen and oxygen atoms in total. The number of carbonyl (C=O) groups excluding carboxylic acids is 1. The predicted octanol–water partition coefficient (Wildman–Crippen LogP) is 4.85. The lowest BCUT2D eigenvalue weighted by Gasteiger charge is -2.23. The minimum Gasteiger partial charge on any atom is -0.497 e. The van der Waals surface area contributed by atoms with Crippen molar-refractivity contribution in [3.05, 3.63) is 90.0 Å². The monoisotopic (exact) mass is 469 g/mol. The fourth-order valence-corrected chi connectivity index (χ4v) is 3.55. The number of para-hydroxylation sites is 2. The highest BCUT2D eigenvalue weighted by molar-refractivity contribution is 5.77. The number of amides is 2. The lowest BCUT2D eigenvalue weighted by molar-refractivity contribution is -0.155. The van der Waals surface area contributed by atoms with Crippen LogP contribution in [-0.4, -0.2) is 34.3 Å². The number of aromatic nitrogens is 3. The summed E-state index contributed by atoms with van der Waals surface area (Å²) in [5.74, 6) is 1.09. The number of methoxy groups -OCH3 is 1. The highest BCUT2D eigenvalue weighted by Gasteiger charge is 2.43. The van der Waals surface area contributed by atoms with Crippen LogP contribution in [0.5, 0.6) is 5.75 Å². The van der Waals surface area contributed by atoms with E-state index in [0.717, 1.165) is 11.1 Å². The van der Waals surface area contributed by atoms with Crippen LogP contribution in [0, 0.1) is 0 Å². The van der Waals surface area contributed by atoms with Gasteiger partial charge in [-0.25, -0.2) is 9.78 Å². The average Bonchev–Trinajstić information content (AvgIpc) is 3.27. The van der Waals surface area contributed by atoms with Gasteiger partial charge in [0.2, 0.25) is 0 Å². The summed E-state index contributed by atoms with van der Waals surface area (Å²) in [4.78, 5) is 24.2. The molecule has 0 radical (unpaired) electrons. The van der Waals surface area contributed by atoms with E-state index < -0.39 is 24.3 Å². The molecule has 0 spiro atoms. The Bertz CT molecular complexity index is 1210. The van der Waals surface area contributed by atoms with Crippen molar-refractivity contribution in [3.63, 3.8) is 0 Å². The quantitative estimate of drug-likeness (QED) is 0.361. The van der Waals surface area contributed by atoms with Gasteiger partial charge in [-0.1, -0.05) is 30.3 Å². The number of carbonyl (C=O) groups is 1. The van der Waals surface area contributed by atoms with Gasteiger partial charge in [0.15, 0.2) is 6.04 Å². The number of nitrogens with zero attached hydrogens (tertiary/aromatic N) is 2. The van der Waals surface area contributed by atoms with Crippen molar-refractivity contribution in [1.29, 1.82) is 0 Å². The summed E-state index contributed by atoms with van der Waals surface area (Å²) >= 11 is 0. The van der Waals surface area contributed by atoms with Crippen LogP contribution in [0.15, 0.2) is 72.9 Å². The SMILES string of the molecule is COc1ccc(C[C@@H](NC(=O)NC(c2ccccn2)C(F)(F)F)c2nc3ccccc3[nH]2)cc1. The maximum absolute atomic E-state index is 13.7. The van der Waals surface area contributed by atoms with E-state index in [1.54, 1.807) is 25.3 Å². The number of halogens is 3. The number of fused-ring (bicyclic) bond motifs is 1. The van der Waals surface area contributed by atoms with Crippen LogP contribution in [0.2, 0.25) is 0 Å². The third-order valence-electron chi connectivity index (χ3n) is 5.23. The Hall–Kier alpha value is -4.08. The molecule has 176 valence electrons. The van der Waals surface area contributed by atoms with E-state index in [2.05, 4.69) is 20.3 Å². The Kier molecular flexibility index (Phi) is 6.67. The van der Waals surface area contributed by atoms with Crippen molar-refractivity contribution in [2.24, 2.45) is 0 Å². The number of aromatic amines is 1. The highest BCUT2D eigenvalue weighted by atomic mass is 19.4. The highest BCUT2D eigenvalue weighted by Crippen LogP contribution is 2.31. The number of alkyl halides is 3. The number of pyridine rings is 1. The zero-order valence-electron chi connectivity index (χ0n) is 18.1. The number of H-pyrrole nitrogens is 1. The minimum atomic E-state index is -4.73. The minimum absolute atomic E-state index is 0.289. The van der Waals surface area contributed by atoms with Crippen molar-refractivity contribution in [2.75, 3.05) is 7.11 Å². The second kappa shape index (κ2) is 9.82. The van der Waals surface area contributed by atoms with E-state index in [4.69, 9.17) is 4.74 Å². The Morgan fingerprint density at radius 3 is 2.41 bits per heavy atom. The summed E-state index contributed by atoms with van der Waals surface area (Å²) in [5, 5.41) is 4.65. The van der Waals surface area contributed by atoms with Crippen LogP contribution >= 0.6 is 0 Å². The fraction of sp³-hybridized carbons (Fsp3) is 0.208. The first-order valence-electron chi connectivity index (χ1n) is 10.5. The molecule has 2 aromatic carbocycles. The van der Waals surface area contributed by atoms with E-state index in [-0.39, 0.29) is 12.1 Å². The van der Waals surface area contributed by atoms with Crippen LogP contribution in [0.1, 0.15) is 29.2 Å². The molecule has 0 fully saturated rings. The molecule has 0 aliphatic heterocycles. The molecule has 3 N–H and O–H groups in total. The standard InChI is InChI=1S/C24H22F3N5O2/c1-34-16-11-9-15(10-12-16)14-20(22-29-17-6-2-3-7-18(17)30-22)31-23(33)32-21(24(25,26)27)19-8-4-5-13-28-19/h2-13,20-21H,14H2,1H3,(H,29,30)(H2,31,32,33)/t20-,21?/m1/s1. The molecule has 0 bridgehead atoms. The van der Waals surface area contributed by atoms with Crippen LogP contribution in [-0.2, 0) is 6.42 Å². The lowest BCUT2D eigenvalue weighted by Crippen LogP contribution is -2.45. The smallest absolute Gasteiger partial charge is 0.414 e. The van der Waals surface area contributed by atoms with Gasteiger partial charge in [-0.15, -0.1) is 0 Å². The molecule has 2 amide bonds. The maximum Gasteiger partial charge on any atom is 0.414 e. The van der Waals surface area contributed by atoms with Crippen molar-refractivity contribution >= 4 is 17.1 Å². The molecule has 0 saturated heterocycles. The Balaban J connectivity index is 1.59. The second-order valence-electron chi connectivity index (χ2n) is 7.59. The molecule has 2 aromatic heterocycles. The molecule has 0 aliphatic carbocycles. The maximum atomic E-state index is 13.7. The summed E-state index contributed by atoms with van der Waals surface area (Å²) in [6, 6.07) is 14.7. The lowest BCUT2D eigenvalue weighted by atomic mass is 10.1. The molecule has 10 heteroatoms. The second-order valence-corrected chi connectivity index (χ2v) is 7.59. The average molecular weight is 469 g/mol. The first-order valence-corrected chi connectivity index (χ1v) is 10.5. The fourth-order valence-electron chi connectivity index (χ4n) is 3.55. The van der Waals surface area contributed by atoms with Crippen molar-refractivity contribution in [1.82, 2.24) is 25.6 Å².